The zero-order valence-electron chi connectivity index (χ0n) is 12.8. The van der Waals surface area contributed by atoms with Crippen LogP contribution in [0.2, 0.25) is 0 Å². The monoisotopic (exact) mass is 277 g/mol. The molecule has 2 fully saturated rings. The highest BCUT2D eigenvalue weighted by Crippen LogP contribution is 2.32. The van der Waals surface area contributed by atoms with Crippen molar-refractivity contribution in [1.29, 1.82) is 0 Å². The van der Waals surface area contributed by atoms with Gasteiger partial charge in [-0.25, -0.2) is 0 Å². The minimum atomic E-state index is 0.360. The number of hydrogen-bond donors (Lipinski definition) is 1. The van der Waals surface area contributed by atoms with Gasteiger partial charge in [0.25, 0.3) is 0 Å². The first-order valence-electron chi connectivity index (χ1n) is 8.12. The summed E-state index contributed by atoms with van der Waals surface area (Å²) in [5, 5.41) is 7.89. The molecule has 1 saturated carbocycles. The van der Waals surface area contributed by atoms with Gasteiger partial charge in [-0.15, -0.1) is 0 Å². The van der Waals surface area contributed by atoms with Crippen molar-refractivity contribution in [1.82, 2.24) is 15.4 Å². The van der Waals surface area contributed by atoms with Gasteiger partial charge in [0.05, 0.1) is 12.2 Å². The Labute approximate surface area is 121 Å². The Bertz CT molecular complexity index is 437. The average molecular weight is 277 g/mol. The first-order valence-corrected chi connectivity index (χ1v) is 8.12. The van der Waals surface area contributed by atoms with Crippen molar-refractivity contribution in [2.45, 2.75) is 70.5 Å². The molecule has 20 heavy (non-hydrogen) atoms. The van der Waals surface area contributed by atoms with Crippen LogP contribution < -0.4 is 5.32 Å². The predicted octanol–water partition coefficient (Wildman–Crippen LogP) is 2.87. The summed E-state index contributed by atoms with van der Waals surface area (Å²) in [5.41, 5.74) is 1.34. The molecule has 4 heteroatoms. The number of piperazine rings is 1. The number of rotatable bonds is 3. The lowest BCUT2D eigenvalue weighted by Gasteiger charge is -2.49. The van der Waals surface area contributed by atoms with Crippen molar-refractivity contribution in [2.24, 2.45) is 0 Å². The molecule has 112 valence electrons. The van der Waals surface area contributed by atoms with Crippen LogP contribution in [0.5, 0.6) is 0 Å². The summed E-state index contributed by atoms with van der Waals surface area (Å²) in [4.78, 5) is 2.61. The summed E-state index contributed by atoms with van der Waals surface area (Å²) in [5.74, 6) is 1.01. The number of nitrogens with one attached hydrogen (secondary N) is 1. The number of hydrogen-bond acceptors (Lipinski definition) is 4. The van der Waals surface area contributed by atoms with Crippen LogP contribution in [-0.4, -0.2) is 34.7 Å². The van der Waals surface area contributed by atoms with Gasteiger partial charge in [-0.2, -0.15) is 0 Å². The maximum absolute atomic E-state index is 5.42. The Kier molecular flexibility index (Phi) is 4.13. The van der Waals surface area contributed by atoms with Gasteiger partial charge in [0.2, 0.25) is 0 Å². The standard InChI is InChI=1S/C16H27N3O/c1-3-14-10-17-16(7-5-4-6-8-16)12-19(14)11-15-9-13(2)18-20-15/h9,14,17H,3-8,10-12H2,1-2H3. The topological polar surface area (TPSA) is 41.3 Å². The smallest absolute Gasteiger partial charge is 0.150 e. The van der Waals surface area contributed by atoms with Crippen LogP contribution in [0.15, 0.2) is 10.6 Å². The summed E-state index contributed by atoms with van der Waals surface area (Å²) in [6.45, 7) is 7.45. The van der Waals surface area contributed by atoms with E-state index >= 15 is 0 Å². The van der Waals surface area contributed by atoms with Crippen LogP contribution in [0, 0.1) is 6.92 Å². The molecule has 3 rings (SSSR count). The van der Waals surface area contributed by atoms with Gasteiger partial charge >= 0.3 is 0 Å². The van der Waals surface area contributed by atoms with Gasteiger partial charge in [0, 0.05) is 30.7 Å². The molecule has 2 aliphatic rings. The summed E-state index contributed by atoms with van der Waals surface area (Å²) in [7, 11) is 0. The number of aryl methyl sites for hydroxylation is 1. The van der Waals surface area contributed by atoms with Crippen LogP contribution in [0.25, 0.3) is 0 Å². The second kappa shape index (κ2) is 5.86. The third-order valence-electron chi connectivity index (χ3n) is 5.05. The minimum absolute atomic E-state index is 0.360. The quantitative estimate of drug-likeness (QED) is 0.922. The van der Waals surface area contributed by atoms with Crippen LogP contribution in [0.1, 0.15) is 56.9 Å². The highest BCUT2D eigenvalue weighted by Gasteiger charge is 2.39. The molecule has 1 unspecified atom stereocenters. The first-order chi connectivity index (χ1) is 9.71. The minimum Gasteiger partial charge on any atom is -0.360 e. The Balaban J connectivity index is 1.71. The van der Waals surface area contributed by atoms with Gasteiger partial charge in [-0.05, 0) is 26.2 Å². The summed E-state index contributed by atoms with van der Waals surface area (Å²) in [6, 6.07) is 2.69. The maximum atomic E-state index is 5.42. The van der Waals surface area contributed by atoms with Crippen molar-refractivity contribution in [3.05, 3.63) is 17.5 Å². The van der Waals surface area contributed by atoms with Crippen LogP contribution in [0.4, 0.5) is 0 Å². The zero-order valence-corrected chi connectivity index (χ0v) is 12.8. The lowest BCUT2D eigenvalue weighted by Crippen LogP contribution is -2.64. The third kappa shape index (κ3) is 2.91. The van der Waals surface area contributed by atoms with E-state index in [1.807, 2.05) is 6.92 Å². The van der Waals surface area contributed by atoms with E-state index < -0.39 is 0 Å². The fourth-order valence-corrected chi connectivity index (χ4v) is 3.88. The van der Waals surface area contributed by atoms with Crippen LogP contribution in [-0.2, 0) is 6.54 Å². The van der Waals surface area contributed by atoms with Crippen molar-refractivity contribution < 1.29 is 4.52 Å². The molecule has 1 aliphatic carbocycles. The Morgan fingerprint density at radius 1 is 1.40 bits per heavy atom. The van der Waals surface area contributed by atoms with E-state index in [1.54, 1.807) is 0 Å². The van der Waals surface area contributed by atoms with E-state index in [0.29, 0.717) is 11.6 Å². The lowest BCUT2D eigenvalue weighted by molar-refractivity contribution is 0.0425. The Morgan fingerprint density at radius 2 is 2.20 bits per heavy atom. The van der Waals surface area contributed by atoms with Gasteiger partial charge < -0.3 is 9.84 Å². The number of nitrogens with zero attached hydrogens (tertiary/aromatic N) is 2. The molecule has 0 aromatic carbocycles. The Morgan fingerprint density at radius 3 is 2.85 bits per heavy atom. The average Bonchev–Trinajstić information content (AvgIpc) is 2.85. The van der Waals surface area contributed by atoms with Crippen molar-refractivity contribution in [2.75, 3.05) is 13.1 Å². The second-order valence-electron chi connectivity index (χ2n) is 6.62. The summed E-state index contributed by atoms with van der Waals surface area (Å²) in [6.07, 6.45) is 8.00. The number of aromatic nitrogens is 1. The zero-order chi connectivity index (χ0) is 14.0. The van der Waals surface area contributed by atoms with Crippen LogP contribution >= 0.6 is 0 Å². The molecule has 1 aromatic heterocycles. The summed E-state index contributed by atoms with van der Waals surface area (Å²) < 4.78 is 5.42. The fourth-order valence-electron chi connectivity index (χ4n) is 3.88. The van der Waals surface area contributed by atoms with Crippen LogP contribution in [0.3, 0.4) is 0 Å². The van der Waals surface area contributed by atoms with E-state index in [4.69, 9.17) is 4.52 Å². The maximum Gasteiger partial charge on any atom is 0.150 e. The van der Waals surface area contributed by atoms with E-state index in [1.165, 1.54) is 38.5 Å². The first kappa shape index (κ1) is 14.1. The molecule has 1 N–H and O–H groups in total. The van der Waals surface area contributed by atoms with Gasteiger partial charge in [0.15, 0.2) is 5.76 Å². The largest absolute Gasteiger partial charge is 0.360 e. The molecule has 0 radical (unpaired) electrons. The Hall–Kier alpha value is -0.870. The van der Waals surface area contributed by atoms with Crippen molar-refractivity contribution in [3.8, 4) is 0 Å². The molecule has 1 aromatic rings. The lowest BCUT2D eigenvalue weighted by atomic mass is 9.79. The third-order valence-corrected chi connectivity index (χ3v) is 5.05. The summed E-state index contributed by atoms with van der Waals surface area (Å²) >= 11 is 0. The van der Waals surface area contributed by atoms with Crippen molar-refractivity contribution >= 4 is 0 Å². The molecule has 1 aliphatic heterocycles. The van der Waals surface area contributed by atoms with Crippen molar-refractivity contribution in [3.63, 3.8) is 0 Å². The second-order valence-corrected chi connectivity index (χ2v) is 6.62. The fraction of sp³-hybridized carbons (Fsp3) is 0.812. The highest BCUT2D eigenvalue weighted by atomic mass is 16.5. The van der Waals surface area contributed by atoms with Gasteiger partial charge in [0.1, 0.15) is 0 Å². The molecular formula is C16H27N3O. The van der Waals surface area contributed by atoms with E-state index in [-0.39, 0.29) is 0 Å². The molecule has 4 nitrogen and oxygen atoms in total. The molecule has 0 amide bonds. The normalized spacial score (nSPS) is 27.0. The SMILES string of the molecule is CCC1CNC2(CCCCC2)CN1Cc1cc(C)no1. The van der Waals surface area contributed by atoms with E-state index in [0.717, 1.165) is 31.1 Å². The van der Waals surface area contributed by atoms with E-state index in [2.05, 4.69) is 28.4 Å². The predicted molar refractivity (Wildman–Crippen MR) is 79.5 cm³/mol. The molecule has 1 spiro atoms. The van der Waals surface area contributed by atoms with E-state index in [9.17, 15) is 0 Å². The van der Waals surface area contributed by atoms with Gasteiger partial charge in [-0.1, -0.05) is 31.3 Å². The molecule has 1 saturated heterocycles. The molecule has 2 heterocycles. The highest BCUT2D eigenvalue weighted by molar-refractivity contribution is 5.06. The molecule has 1 atom stereocenters. The molecular weight excluding hydrogens is 250 g/mol. The van der Waals surface area contributed by atoms with Gasteiger partial charge in [-0.3, -0.25) is 4.90 Å². The molecule has 0 bridgehead atoms.